The summed E-state index contributed by atoms with van der Waals surface area (Å²) in [6, 6.07) is 6.60. The van der Waals surface area contributed by atoms with Crippen molar-refractivity contribution >= 4 is 21.8 Å². The first-order valence-electron chi connectivity index (χ1n) is 5.48. The van der Waals surface area contributed by atoms with Crippen LogP contribution in [0.3, 0.4) is 0 Å². The summed E-state index contributed by atoms with van der Waals surface area (Å²) in [5, 5.41) is 2.66. The Hall–Kier alpha value is -1.83. The summed E-state index contributed by atoms with van der Waals surface area (Å²) in [5.41, 5.74) is 5.03. The maximum atomic E-state index is 4.27. The average Bonchev–Trinajstić information content (AvgIpc) is 2.54. The van der Waals surface area contributed by atoms with Crippen LogP contribution in [-0.2, 0) is 7.05 Å². The summed E-state index contributed by atoms with van der Waals surface area (Å²) < 4.78 is 2.21. The second kappa shape index (κ2) is 3.08. The first kappa shape index (κ1) is 9.40. The summed E-state index contributed by atoms with van der Waals surface area (Å²) in [6.07, 6.45) is 3.88. The summed E-state index contributed by atoms with van der Waals surface area (Å²) in [7, 11) is 2.10. The fourth-order valence-electron chi connectivity index (χ4n) is 2.43. The molecule has 0 saturated heterocycles. The van der Waals surface area contributed by atoms with Gasteiger partial charge in [-0.3, -0.25) is 4.98 Å². The van der Waals surface area contributed by atoms with Gasteiger partial charge >= 0.3 is 0 Å². The van der Waals surface area contributed by atoms with Crippen molar-refractivity contribution in [3.8, 4) is 0 Å². The van der Waals surface area contributed by atoms with Gasteiger partial charge in [0.05, 0.1) is 11.7 Å². The van der Waals surface area contributed by atoms with Gasteiger partial charge in [0.25, 0.3) is 0 Å². The summed E-state index contributed by atoms with van der Waals surface area (Å²) >= 11 is 0. The lowest BCUT2D eigenvalue weighted by Crippen LogP contribution is -1.87. The minimum absolute atomic E-state index is 1.21. The zero-order valence-corrected chi connectivity index (χ0v) is 9.78. The van der Waals surface area contributed by atoms with E-state index in [9.17, 15) is 0 Å². The van der Waals surface area contributed by atoms with E-state index in [1.807, 2.05) is 12.4 Å². The van der Waals surface area contributed by atoms with Gasteiger partial charge in [0.15, 0.2) is 0 Å². The van der Waals surface area contributed by atoms with Gasteiger partial charge in [-0.05, 0) is 31.5 Å². The average molecular weight is 210 g/mol. The van der Waals surface area contributed by atoms with Crippen LogP contribution in [0.4, 0.5) is 0 Å². The lowest BCUT2D eigenvalue weighted by Gasteiger charge is -1.97. The van der Waals surface area contributed by atoms with Gasteiger partial charge in [0, 0.05) is 29.5 Å². The van der Waals surface area contributed by atoms with Crippen LogP contribution in [0, 0.1) is 13.8 Å². The third kappa shape index (κ3) is 1.10. The van der Waals surface area contributed by atoms with Gasteiger partial charge in [-0.1, -0.05) is 11.6 Å². The minimum Gasteiger partial charge on any atom is -0.342 e. The molecule has 3 rings (SSSR count). The molecule has 0 unspecified atom stereocenters. The maximum absolute atomic E-state index is 4.27. The normalized spacial score (nSPS) is 11.4. The number of aromatic nitrogens is 2. The predicted octanol–water partition coefficient (Wildman–Crippen LogP) is 3.34. The molecule has 3 aromatic rings. The molecule has 0 saturated carbocycles. The number of hydrogen-bond donors (Lipinski definition) is 0. The first-order valence-corrected chi connectivity index (χ1v) is 5.48. The third-order valence-electron chi connectivity index (χ3n) is 3.26. The number of benzene rings is 1. The molecule has 2 heteroatoms. The van der Waals surface area contributed by atoms with Crippen LogP contribution in [-0.4, -0.2) is 9.55 Å². The molecular weight excluding hydrogens is 196 g/mol. The zero-order valence-electron chi connectivity index (χ0n) is 9.78. The van der Waals surface area contributed by atoms with Crippen molar-refractivity contribution in [2.24, 2.45) is 7.05 Å². The Morgan fingerprint density at radius 3 is 2.69 bits per heavy atom. The van der Waals surface area contributed by atoms with Crippen LogP contribution in [0.2, 0.25) is 0 Å². The minimum atomic E-state index is 1.21. The van der Waals surface area contributed by atoms with Crippen molar-refractivity contribution in [2.45, 2.75) is 13.8 Å². The molecule has 0 spiro atoms. The molecule has 2 aromatic heterocycles. The molecule has 0 aliphatic carbocycles. The Bertz CT molecular complexity index is 693. The van der Waals surface area contributed by atoms with Crippen LogP contribution in [0.1, 0.15) is 11.1 Å². The highest BCUT2D eigenvalue weighted by Gasteiger charge is 2.09. The molecule has 80 valence electrons. The number of hydrogen-bond acceptors (Lipinski definition) is 1. The largest absolute Gasteiger partial charge is 0.342 e. The molecule has 16 heavy (non-hydrogen) atoms. The highest BCUT2D eigenvalue weighted by molar-refractivity contribution is 6.09. The Kier molecular flexibility index (Phi) is 1.81. The van der Waals surface area contributed by atoms with Crippen molar-refractivity contribution in [3.05, 3.63) is 41.7 Å². The van der Waals surface area contributed by atoms with Gasteiger partial charge in [0.2, 0.25) is 0 Å². The molecule has 1 aromatic carbocycles. The number of rotatable bonds is 0. The maximum Gasteiger partial charge on any atom is 0.0677 e. The van der Waals surface area contributed by atoms with E-state index in [4.69, 9.17) is 0 Å². The van der Waals surface area contributed by atoms with Crippen molar-refractivity contribution in [1.82, 2.24) is 9.55 Å². The quantitative estimate of drug-likeness (QED) is 0.556. The highest BCUT2D eigenvalue weighted by Crippen LogP contribution is 2.30. The van der Waals surface area contributed by atoms with Crippen LogP contribution >= 0.6 is 0 Å². The van der Waals surface area contributed by atoms with Crippen LogP contribution in [0.5, 0.6) is 0 Å². The molecule has 0 radical (unpaired) electrons. The van der Waals surface area contributed by atoms with Gasteiger partial charge < -0.3 is 4.57 Å². The summed E-state index contributed by atoms with van der Waals surface area (Å²) in [5.74, 6) is 0. The Morgan fingerprint density at radius 1 is 1.06 bits per heavy atom. The molecule has 0 N–H and O–H groups in total. The van der Waals surface area contributed by atoms with Crippen molar-refractivity contribution in [3.63, 3.8) is 0 Å². The van der Waals surface area contributed by atoms with Crippen LogP contribution in [0.15, 0.2) is 30.6 Å². The fraction of sp³-hybridized carbons (Fsp3) is 0.214. The Balaban J connectivity index is 2.66. The second-order valence-electron chi connectivity index (χ2n) is 4.43. The van der Waals surface area contributed by atoms with E-state index in [0.717, 1.165) is 0 Å². The van der Waals surface area contributed by atoms with Crippen LogP contribution in [0.25, 0.3) is 21.8 Å². The third-order valence-corrected chi connectivity index (χ3v) is 3.26. The van der Waals surface area contributed by atoms with Gasteiger partial charge in [-0.2, -0.15) is 0 Å². The van der Waals surface area contributed by atoms with E-state index in [2.05, 4.69) is 48.6 Å². The van der Waals surface area contributed by atoms with E-state index < -0.39 is 0 Å². The molecule has 2 nitrogen and oxygen atoms in total. The SMILES string of the molecule is Cc1ccc2c(c1)c1c(C)cncc1n2C. The first-order chi connectivity index (χ1) is 7.68. The second-order valence-corrected chi connectivity index (χ2v) is 4.43. The van der Waals surface area contributed by atoms with E-state index in [1.54, 1.807) is 0 Å². The molecule has 0 fully saturated rings. The number of nitrogens with zero attached hydrogens (tertiary/aromatic N) is 2. The van der Waals surface area contributed by atoms with Gasteiger partial charge in [0.1, 0.15) is 0 Å². The smallest absolute Gasteiger partial charge is 0.0677 e. The number of pyridine rings is 1. The van der Waals surface area contributed by atoms with Gasteiger partial charge in [-0.25, -0.2) is 0 Å². The Morgan fingerprint density at radius 2 is 1.88 bits per heavy atom. The summed E-state index contributed by atoms with van der Waals surface area (Å²) in [4.78, 5) is 4.27. The molecule has 0 amide bonds. The molecular formula is C14H14N2. The topological polar surface area (TPSA) is 17.8 Å². The van der Waals surface area contributed by atoms with Crippen LogP contribution < -0.4 is 0 Å². The molecule has 2 heterocycles. The lowest BCUT2D eigenvalue weighted by molar-refractivity contribution is 1.01. The van der Waals surface area contributed by atoms with Crippen molar-refractivity contribution < 1.29 is 0 Å². The number of aryl methyl sites for hydroxylation is 3. The molecule has 0 atom stereocenters. The zero-order chi connectivity index (χ0) is 11.3. The fourth-order valence-corrected chi connectivity index (χ4v) is 2.43. The predicted molar refractivity (Wildman–Crippen MR) is 67.7 cm³/mol. The van der Waals surface area contributed by atoms with Gasteiger partial charge in [-0.15, -0.1) is 0 Å². The molecule has 0 aliphatic rings. The van der Waals surface area contributed by atoms with E-state index in [-0.39, 0.29) is 0 Å². The van der Waals surface area contributed by atoms with E-state index in [0.29, 0.717) is 0 Å². The van der Waals surface area contributed by atoms with Crippen molar-refractivity contribution in [2.75, 3.05) is 0 Å². The highest BCUT2D eigenvalue weighted by atomic mass is 14.9. The lowest BCUT2D eigenvalue weighted by atomic mass is 10.1. The molecule has 0 aliphatic heterocycles. The number of fused-ring (bicyclic) bond motifs is 3. The Labute approximate surface area is 94.5 Å². The van der Waals surface area contributed by atoms with E-state index >= 15 is 0 Å². The standard InChI is InChI=1S/C14H14N2/c1-9-4-5-12-11(6-9)14-10(2)7-15-8-13(14)16(12)3/h4-8H,1-3H3. The molecule has 0 bridgehead atoms. The van der Waals surface area contributed by atoms with Crippen molar-refractivity contribution in [1.29, 1.82) is 0 Å². The summed E-state index contributed by atoms with van der Waals surface area (Å²) in [6.45, 7) is 4.26. The van der Waals surface area contributed by atoms with E-state index in [1.165, 1.54) is 32.9 Å². The monoisotopic (exact) mass is 210 g/mol.